The van der Waals surface area contributed by atoms with Crippen LogP contribution in [-0.4, -0.2) is 17.4 Å². The van der Waals surface area contributed by atoms with E-state index in [4.69, 9.17) is 4.74 Å². The van der Waals surface area contributed by atoms with E-state index in [2.05, 4.69) is 15.9 Å². The molecule has 1 rings (SSSR count). The van der Waals surface area contributed by atoms with Gasteiger partial charge in [0.25, 0.3) is 0 Å². The highest BCUT2D eigenvalue weighted by Gasteiger charge is 2.18. The third-order valence-electron chi connectivity index (χ3n) is 2.39. The van der Waals surface area contributed by atoms with E-state index in [1.165, 1.54) is 0 Å². The molecule has 0 saturated heterocycles. The number of rotatable bonds is 5. The minimum absolute atomic E-state index is 0.0926. The Morgan fingerprint density at radius 3 is 2.42 bits per heavy atom. The second kappa shape index (κ2) is 6.85. The van der Waals surface area contributed by atoms with Crippen LogP contribution < -0.4 is 0 Å². The summed E-state index contributed by atoms with van der Waals surface area (Å²) in [5, 5.41) is 0. The first kappa shape index (κ1) is 15.9. The van der Waals surface area contributed by atoms with Crippen molar-refractivity contribution >= 4 is 27.7 Å². The van der Waals surface area contributed by atoms with E-state index in [9.17, 15) is 9.59 Å². The molecule has 0 unspecified atom stereocenters. The molecule has 0 amide bonds. The van der Waals surface area contributed by atoms with Crippen LogP contribution in [0.4, 0.5) is 0 Å². The van der Waals surface area contributed by atoms with E-state index in [0.29, 0.717) is 12.8 Å². The molecule has 19 heavy (non-hydrogen) atoms. The van der Waals surface area contributed by atoms with Crippen LogP contribution in [-0.2, 0) is 20.7 Å². The molecule has 4 heteroatoms. The molecule has 1 aromatic carbocycles. The van der Waals surface area contributed by atoms with Gasteiger partial charge in [-0.1, -0.05) is 34.1 Å². The Balaban J connectivity index is 2.40. The topological polar surface area (TPSA) is 43.4 Å². The Morgan fingerprint density at radius 1 is 1.21 bits per heavy atom. The van der Waals surface area contributed by atoms with Crippen molar-refractivity contribution in [2.24, 2.45) is 0 Å². The highest BCUT2D eigenvalue weighted by Crippen LogP contribution is 2.18. The number of Topliss-reactive ketones (excluding diaryl/α,β-unsaturated/α-hetero) is 1. The maximum absolute atomic E-state index is 11.7. The number of aryl methyl sites for hydroxylation is 1. The number of halogens is 1. The molecule has 0 N–H and O–H groups in total. The Bertz CT molecular complexity index is 461. The predicted molar refractivity (Wildman–Crippen MR) is 77.9 cm³/mol. The molecule has 0 spiro atoms. The van der Waals surface area contributed by atoms with Crippen molar-refractivity contribution in [3.63, 3.8) is 0 Å². The van der Waals surface area contributed by atoms with Crippen molar-refractivity contribution in [3.8, 4) is 0 Å². The van der Waals surface area contributed by atoms with E-state index in [1.54, 1.807) is 20.8 Å². The van der Waals surface area contributed by atoms with E-state index in [-0.39, 0.29) is 12.2 Å². The average Bonchev–Trinajstić information content (AvgIpc) is 2.25. The lowest BCUT2D eigenvalue weighted by molar-refractivity contribution is -0.156. The minimum atomic E-state index is -0.542. The summed E-state index contributed by atoms with van der Waals surface area (Å²) in [5.74, 6) is -0.547. The van der Waals surface area contributed by atoms with Gasteiger partial charge in [-0.2, -0.15) is 0 Å². The number of carbonyl (C=O) groups is 2. The molecule has 104 valence electrons. The van der Waals surface area contributed by atoms with Crippen LogP contribution in [0.3, 0.4) is 0 Å². The van der Waals surface area contributed by atoms with Gasteiger partial charge < -0.3 is 4.74 Å². The van der Waals surface area contributed by atoms with E-state index in [0.717, 1.165) is 10.0 Å². The first-order valence-electron chi connectivity index (χ1n) is 6.25. The zero-order chi connectivity index (χ0) is 14.5. The van der Waals surface area contributed by atoms with Crippen LogP contribution in [0.1, 0.15) is 39.2 Å². The molecule has 0 atom stereocenters. The minimum Gasteiger partial charge on any atom is -0.460 e. The molecule has 3 nitrogen and oxygen atoms in total. The molecule has 0 aromatic heterocycles. The molecule has 1 aromatic rings. The van der Waals surface area contributed by atoms with Crippen LogP contribution in [0, 0.1) is 0 Å². The summed E-state index contributed by atoms with van der Waals surface area (Å²) < 4.78 is 6.10. The van der Waals surface area contributed by atoms with Crippen molar-refractivity contribution in [1.29, 1.82) is 0 Å². The van der Waals surface area contributed by atoms with Crippen LogP contribution in [0.25, 0.3) is 0 Å². The van der Waals surface area contributed by atoms with Gasteiger partial charge in [-0.3, -0.25) is 9.59 Å². The maximum atomic E-state index is 11.7. The number of ketones is 1. The van der Waals surface area contributed by atoms with Gasteiger partial charge in [0.1, 0.15) is 17.8 Å². The highest BCUT2D eigenvalue weighted by atomic mass is 79.9. The molecule has 0 aliphatic heterocycles. The fourth-order valence-electron chi connectivity index (χ4n) is 1.60. The maximum Gasteiger partial charge on any atom is 0.313 e. The van der Waals surface area contributed by atoms with Gasteiger partial charge in [0.2, 0.25) is 0 Å². The molecule has 0 bridgehead atoms. The summed E-state index contributed by atoms with van der Waals surface area (Å²) in [6.07, 6.45) is 0.826. The molecule has 0 radical (unpaired) electrons. The number of hydrogen-bond acceptors (Lipinski definition) is 3. The van der Waals surface area contributed by atoms with Crippen LogP contribution in [0.2, 0.25) is 0 Å². The Morgan fingerprint density at radius 2 is 1.84 bits per heavy atom. The van der Waals surface area contributed by atoms with Crippen molar-refractivity contribution in [3.05, 3.63) is 34.3 Å². The molecular weight excluding hydrogens is 308 g/mol. The molecule has 0 fully saturated rings. The summed E-state index contributed by atoms with van der Waals surface area (Å²) in [7, 11) is 0. The second-order valence-electron chi connectivity index (χ2n) is 5.39. The van der Waals surface area contributed by atoms with Gasteiger partial charge >= 0.3 is 5.97 Å². The third-order valence-corrected chi connectivity index (χ3v) is 3.17. The highest BCUT2D eigenvalue weighted by molar-refractivity contribution is 9.10. The quantitative estimate of drug-likeness (QED) is 0.612. The van der Waals surface area contributed by atoms with E-state index in [1.807, 2.05) is 24.3 Å². The average molecular weight is 327 g/mol. The van der Waals surface area contributed by atoms with Gasteiger partial charge in [0.05, 0.1) is 0 Å². The van der Waals surface area contributed by atoms with Crippen LogP contribution in [0.15, 0.2) is 28.7 Å². The zero-order valence-corrected chi connectivity index (χ0v) is 13.1. The first-order chi connectivity index (χ1) is 8.78. The smallest absolute Gasteiger partial charge is 0.313 e. The fraction of sp³-hybridized carbons (Fsp3) is 0.467. The van der Waals surface area contributed by atoms with Gasteiger partial charge in [-0.15, -0.1) is 0 Å². The van der Waals surface area contributed by atoms with Crippen molar-refractivity contribution in [2.45, 2.75) is 45.6 Å². The Labute approximate surface area is 122 Å². The summed E-state index contributed by atoms with van der Waals surface area (Å²) in [4.78, 5) is 23.2. The Hall–Kier alpha value is -1.16. The number of esters is 1. The summed E-state index contributed by atoms with van der Waals surface area (Å²) >= 11 is 3.43. The van der Waals surface area contributed by atoms with Crippen molar-refractivity contribution in [2.75, 3.05) is 0 Å². The lowest BCUT2D eigenvalue weighted by Crippen LogP contribution is -2.25. The summed E-state index contributed by atoms with van der Waals surface area (Å²) in [6, 6.07) is 7.76. The van der Waals surface area contributed by atoms with Crippen molar-refractivity contribution < 1.29 is 14.3 Å². The predicted octanol–water partition coefficient (Wildman–Crippen LogP) is 3.68. The third kappa shape index (κ3) is 6.53. The normalized spacial score (nSPS) is 11.2. The van der Waals surface area contributed by atoms with Crippen LogP contribution in [0.5, 0.6) is 0 Å². The fourth-order valence-corrected chi connectivity index (χ4v) is 2.09. The van der Waals surface area contributed by atoms with Gasteiger partial charge in [0.15, 0.2) is 0 Å². The molecule has 0 saturated carbocycles. The second-order valence-corrected chi connectivity index (χ2v) is 6.25. The first-order valence-corrected chi connectivity index (χ1v) is 7.04. The molecule has 0 heterocycles. The van der Waals surface area contributed by atoms with Gasteiger partial charge in [0, 0.05) is 10.9 Å². The van der Waals surface area contributed by atoms with E-state index >= 15 is 0 Å². The lowest BCUT2D eigenvalue weighted by atomic mass is 10.1. The Kier molecular flexibility index (Phi) is 5.73. The lowest BCUT2D eigenvalue weighted by Gasteiger charge is -2.19. The van der Waals surface area contributed by atoms with Gasteiger partial charge in [-0.25, -0.2) is 0 Å². The van der Waals surface area contributed by atoms with E-state index < -0.39 is 11.6 Å². The number of carbonyl (C=O) groups excluding carboxylic acids is 2. The zero-order valence-electron chi connectivity index (χ0n) is 11.5. The largest absolute Gasteiger partial charge is 0.460 e. The molecule has 0 aliphatic rings. The molecule has 0 aliphatic carbocycles. The number of benzene rings is 1. The van der Waals surface area contributed by atoms with Gasteiger partial charge in [-0.05, 0) is 38.8 Å². The van der Waals surface area contributed by atoms with Crippen molar-refractivity contribution in [1.82, 2.24) is 0 Å². The monoisotopic (exact) mass is 326 g/mol. The summed E-state index contributed by atoms with van der Waals surface area (Å²) in [5.41, 5.74) is 0.528. The van der Waals surface area contributed by atoms with Crippen LogP contribution >= 0.6 is 15.9 Å². The standard InChI is InChI=1S/C15H19BrO3/c1-15(2,3)19-14(18)10-12(17)9-8-11-6-4-5-7-13(11)16/h4-7H,8-10H2,1-3H3. The number of hydrogen-bond donors (Lipinski definition) is 0. The molecular formula is C15H19BrO3. The summed E-state index contributed by atoms with van der Waals surface area (Å²) in [6.45, 7) is 5.36. The number of ether oxygens (including phenoxy) is 1. The SMILES string of the molecule is CC(C)(C)OC(=O)CC(=O)CCc1ccccc1Br.